The highest BCUT2D eigenvalue weighted by atomic mass is 19.1. The number of nitrogens with zero attached hydrogens (tertiary/aromatic N) is 2. The second-order valence-electron chi connectivity index (χ2n) is 5.05. The fourth-order valence-corrected chi connectivity index (χ4v) is 2.91. The number of imidazole rings is 1. The topological polar surface area (TPSA) is 53.1 Å². The second-order valence-corrected chi connectivity index (χ2v) is 5.05. The van der Waals surface area contributed by atoms with Gasteiger partial charge >= 0.3 is 0 Å². The van der Waals surface area contributed by atoms with Gasteiger partial charge < -0.3 is 15.0 Å². The molecule has 1 aromatic heterocycles. The Labute approximate surface area is 111 Å². The molecular formula is C14H18FN3O. The molecule has 3 rings (SSSR count). The molecule has 1 aliphatic heterocycles. The van der Waals surface area contributed by atoms with Crippen molar-refractivity contribution in [3.05, 3.63) is 24.0 Å². The highest BCUT2D eigenvalue weighted by Crippen LogP contribution is 2.28. The maximum Gasteiger partial charge on any atom is 0.201 e. The minimum absolute atomic E-state index is 0.269. The predicted octanol–water partition coefficient (Wildman–Crippen LogP) is 2.57. The second kappa shape index (κ2) is 4.81. The van der Waals surface area contributed by atoms with Gasteiger partial charge in [-0.2, -0.15) is 0 Å². The van der Waals surface area contributed by atoms with Gasteiger partial charge in [-0.25, -0.2) is 9.37 Å². The molecule has 4 nitrogen and oxygen atoms in total. The number of benzene rings is 1. The van der Waals surface area contributed by atoms with E-state index in [2.05, 4.69) is 11.9 Å². The minimum Gasteiger partial charge on any atom is -0.378 e. The molecule has 2 N–H and O–H groups in total. The normalized spacial score (nSPS) is 23.3. The van der Waals surface area contributed by atoms with E-state index in [1.807, 2.05) is 10.6 Å². The molecule has 1 saturated heterocycles. The van der Waals surface area contributed by atoms with Crippen molar-refractivity contribution in [1.29, 1.82) is 0 Å². The van der Waals surface area contributed by atoms with E-state index in [9.17, 15) is 4.39 Å². The average molecular weight is 263 g/mol. The monoisotopic (exact) mass is 263 g/mol. The third-order valence-corrected chi connectivity index (χ3v) is 3.92. The van der Waals surface area contributed by atoms with Crippen molar-refractivity contribution >= 4 is 17.0 Å². The zero-order valence-electron chi connectivity index (χ0n) is 11.0. The van der Waals surface area contributed by atoms with Crippen molar-refractivity contribution in [2.24, 2.45) is 5.92 Å². The van der Waals surface area contributed by atoms with E-state index >= 15 is 0 Å². The SMILES string of the molecule is CCC1OCCC1Cn1c(N)nc2c(F)cccc21. The van der Waals surface area contributed by atoms with E-state index in [4.69, 9.17) is 10.5 Å². The van der Waals surface area contributed by atoms with Crippen LogP contribution in [0.4, 0.5) is 10.3 Å². The van der Waals surface area contributed by atoms with Crippen molar-refractivity contribution in [2.75, 3.05) is 12.3 Å². The van der Waals surface area contributed by atoms with Gasteiger partial charge in [-0.05, 0) is 25.0 Å². The van der Waals surface area contributed by atoms with Gasteiger partial charge in [0, 0.05) is 19.1 Å². The molecule has 0 radical (unpaired) electrons. The van der Waals surface area contributed by atoms with Crippen LogP contribution < -0.4 is 5.73 Å². The Morgan fingerprint density at radius 2 is 2.37 bits per heavy atom. The summed E-state index contributed by atoms with van der Waals surface area (Å²) in [6, 6.07) is 4.96. The number of hydrogen-bond acceptors (Lipinski definition) is 3. The Morgan fingerprint density at radius 3 is 3.16 bits per heavy atom. The molecule has 19 heavy (non-hydrogen) atoms. The van der Waals surface area contributed by atoms with Crippen molar-refractivity contribution in [3.8, 4) is 0 Å². The lowest BCUT2D eigenvalue weighted by molar-refractivity contribution is 0.0839. The Hall–Kier alpha value is -1.62. The lowest BCUT2D eigenvalue weighted by atomic mass is 9.99. The first-order valence-corrected chi connectivity index (χ1v) is 6.72. The Morgan fingerprint density at radius 1 is 1.53 bits per heavy atom. The summed E-state index contributed by atoms with van der Waals surface area (Å²) in [5, 5.41) is 0. The van der Waals surface area contributed by atoms with Crippen LogP contribution in [0.3, 0.4) is 0 Å². The number of aromatic nitrogens is 2. The van der Waals surface area contributed by atoms with E-state index in [-0.39, 0.29) is 11.9 Å². The number of nitrogen functional groups attached to an aromatic ring is 1. The fourth-order valence-electron chi connectivity index (χ4n) is 2.91. The fraction of sp³-hybridized carbons (Fsp3) is 0.500. The van der Waals surface area contributed by atoms with E-state index in [1.165, 1.54) is 6.07 Å². The number of ether oxygens (including phenoxy) is 1. The molecule has 0 saturated carbocycles. The molecule has 5 heteroatoms. The van der Waals surface area contributed by atoms with Crippen molar-refractivity contribution in [1.82, 2.24) is 9.55 Å². The summed E-state index contributed by atoms with van der Waals surface area (Å²) in [7, 11) is 0. The first kappa shape index (κ1) is 12.4. The maximum absolute atomic E-state index is 13.7. The van der Waals surface area contributed by atoms with Crippen molar-refractivity contribution < 1.29 is 9.13 Å². The molecule has 0 bridgehead atoms. The van der Waals surface area contributed by atoms with Crippen LogP contribution >= 0.6 is 0 Å². The number of halogens is 1. The van der Waals surface area contributed by atoms with Crippen LogP contribution in [0.15, 0.2) is 18.2 Å². The molecule has 1 aromatic carbocycles. The summed E-state index contributed by atoms with van der Waals surface area (Å²) < 4.78 is 21.3. The van der Waals surface area contributed by atoms with Gasteiger partial charge in [0.05, 0.1) is 11.6 Å². The Balaban J connectivity index is 1.96. The van der Waals surface area contributed by atoms with E-state index < -0.39 is 0 Å². The summed E-state index contributed by atoms with van der Waals surface area (Å²) in [5.74, 6) is 0.479. The van der Waals surface area contributed by atoms with Crippen LogP contribution in [-0.4, -0.2) is 22.3 Å². The number of fused-ring (bicyclic) bond motifs is 1. The zero-order chi connectivity index (χ0) is 13.4. The summed E-state index contributed by atoms with van der Waals surface area (Å²) in [6.07, 6.45) is 2.28. The first-order chi connectivity index (χ1) is 9.20. The lowest BCUT2D eigenvalue weighted by Crippen LogP contribution is -2.21. The van der Waals surface area contributed by atoms with E-state index in [0.29, 0.717) is 17.4 Å². The summed E-state index contributed by atoms with van der Waals surface area (Å²) in [6.45, 7) is 3.66. The molecule has 102 valence electrons. The number of para-hydroxylation sites is 1. The number of nitrogens with two attached hydrogens (primary N) is 1. The van der Waals surface area contributed by atoms with Gasteiger partial charge in [0.1, 0.15) is 5.52 Å². The molecule has 2 unspecified atom stereocenters. The minimum atomic E-state index is -0.322. The summed E-state index contributed by atoms with van der Waals surface area (Å²) in [5.41, 5.74) is 7.05. The van der Waals surface area contributed by atoms with Gasteiger partial charge in [0.15, 0.2) is 5.82 Å². The molecule has 0 aliphatic carbocycles. The third kappa shape index (κ3) is 2.08. The standard InChI is InChI=1S/C14H18FN3O/c1-2-12-9(6-7-19-12)8-18-11-5-3-4-10(15)13(11)17-14(18)16/h3-5,9,12H,2,6-8H2,1H3,(H2,16,17). The number of hydrogen-bond donors (Lipinski definition) is 1. The lowest BCUT2D eigenvalue weighted by Gasteiger charge is -2.18. The predicted molar refractivity (Wildman–Crippen MR) is 72.2 cm³/mol. The summed E-state index contributed by atoms with van der Waals surface area (Å²) in [4.78, 5) is 4.13. The summed E-state index contributed by atoms with van der Waals surface area (Å²) >= 11 is 0. The highest BCUT2D eigenvalue weighted by Gasteiger charge is 2.28. The molecule has 2 heterocycles. The van der Waals surface area contributed by atoms with Gasteiger partial charge in [-0.15, -0.1) is 0 Å². The van der Waals surface area contributed by atoms with Crippen LogP contribution in [0.2, 0.25) is 0 Å². The van der Waals surface area contributed by atoms with Gasteiger partial charge in [-0.1, -0.05) is 13.0 Å². The molecule has 2 atom stereocenters. The molecule has 1 fully saturated rings. The van der Waals surface area contributed by atoms with Crippen molar-refractivity contribution in [2.45, 2.75) is 32.4 Å². The zero-order valence-corrected chi connectivity index (χ0v) is 11.0. The molecule has 1 aliphatic rings. The number of anilines is 1. The molecule has 0 spiro atoms. The maximum atomic E-state index is 13.7. The molecular weight excluding hydrogens is 245 g/mol. The van der Waals surface area contributed by atoms with Crippen molar-refractivity contribution in [3.63, 3.8) is 0 Å². The smallest absolute Gasteiger partial charge is 0.201 e. The van der Waals surface area contributed by atoms with Gasteiger partial charge in [0.25, 0.3) is 0 Å². The third-order valence-electron chi connectivity index (χ3n) is 3.92. The van der Waals surface area contributed by atoms with Crippen LogP contribution in [0.1, 0.15) is 19.8 Å². The first-order valence-electron chi connectivity index (χ1n) is 6.72. The molecule has 2 aromatic rings. The van der Waals surface area contributed by atoms with Crippen LogP contribution in [0.5, 0.6) is 0 Å². The quantitative estimate of drug-likeness (QED) is 0.926. The van der Waals surface area contributed by atoms with Crippen LogP contribution in [0.25, 0.3) is 11.0 Å². The van der Waals surface area contributed by atoms with Gasteiger partial charge in [-0.3, -0.25) is 0 Å². The largest absolute Gasteiger partial charge is 0.378 e. The average Bonchev–Trinajstić information content (AvgIpc) is 2.97. The van der Waals surface area contributed by atoms with Crippen LogP contribution in [-0.2, 0) is 11.3 Å². The Kier molecular flexibility index (Phi) is 3.14. The van der Waals surface area contributed by atoms with Crippen LogP contribution in [0, 0.1) is 11.7 Å². The highest BCUT2D eigenvalue weighted by molar-refractivity contribution is 5.78. The molecule has 0 amide bonds. The number of rotatable bonds is 3. The Bertz CT molecular complexity index is 596. The van der Waals surface area contributed by atoms with Gasteiger partial charge in [0.2, 0.25) is 5.95 Å². The van der Waals surface area contributed by atoms with E-state index in [0.717, 1.165) is 31.5 Å². The van der Waals surface area contributed by atoms with E-state index in [1.54, 1.807) is 6.07 Å².